The van der Waals surface area contributed by atoms with Crippen LogP contribution in [-0.2, 0) is 14.3 Å². The van der Waals surface area contributed by atoms with Crippen LogP contribution in [0.15, 0.2) is 71.9 Å². The zero-order chi connectivity index (χ0) is 22.9. The molecule has 0 aliphatic rings. The summed E-state index contributed by atoms with van der Waals surface area (Å²) in [5.74, 6) is -1.18. The van der Waals surface area contributed by atoms with Crippen LogP contribution in [0.3, 0.4) is 0 Å². The van der Waals surface area contributed by atoms with Crippen molar-refractivity contribution >= 4 is 41.2 Å². The van der Waals surface area contributed by atoms with Crippen molar-refractivity contribution in [2.45, 2.75) is 24.8 Å². The predicted octanol–water partition coefficient (Wildman–Crippen LogP) is 3.70. The Labute approximate surface area is 189 Å². The number of nitrogens with zero attached hydrogens (tertiary/aromatic N) is 2. The van der Waals surface area contributed by atoms with E-state index in [1.807, 2.05) is 31.2 Å². The second-order valence-electron chi connectivity index (χ2n) is 6.81. The molecule has 3 rings (SSSR count). The normalized spacial score (nSPS) is 11.3. The summed E-state index contributed by atoms with van der Waals surface area (Å²) in [6.07, 6.45) is 1.91. The van der Waals surface area contributed by atoms with Gasteiger partial charge in [-0.1, -0.05) is 29.8 Å². The number of rotatable bonds is 8. The molecule has 0 bridgehead atoms. The first kappa shape index (κ1) is 23.0. The van der Waals surface area contributed by atoms with E-state index in [1.165, 1.54) is 31.1 Å². The Balaban J connectivity index is 1.57. The van der Waals surface area contributed by atoms with Gasteiger partial charge in [0.15, 0.2) is 6.10 Å². The molecule has 0 fully saturated rings. The number of hydrogen-bond donors (Lipinski definition) is 2. The maximum atomic E-state index is 12.7. The highest BCUT2D eigenvalue weighted by molar-refractivity contribution is 8.00. The number of amides is 2. The Morgan fingerprint density at radius 1 is 0.969 bits per heavy atom. The van der Waals surface area contributed by atoms with Gasteiger partial charge in [0, 0.05) is 23.0 Å². The van der Waals surface area contributed by atoms with Crippen molar-refractivity contribution in [2.75, 3.05) is 16.4 Å². The monoisotopic (exact) mass is 450 g/mol. The molecule has 9 heteroatoms. The lowest BCUT2D eigenvalue weighted by Crippen LogP contribution is -2.30. The number of carbonyl (C=O) groups excluding carboxylic acids is 3. The number of carbonyl (C=O) groups is 3. The summed E-state index contributed by atoms with van der Waals surface area (Å²) in [5.41, 5.74) is 2.08. The number of aromatic nitrogens is 2. The molecule has 2 N–H and O–H groups in total. The molecule has 0 saturated heterocycles. The quantitative estimate of drug-likeness (QED) is 0.398. The van der Waals surface area contributed by atoms with Gasteiger partial charge in [0.05, 0.1) is 11.3 Å². The molecule has 1 heterocycles. The lowest BCUT2D eigenvalue weighted by Gasteiger charge is -2.14. The first-order chi connectivity index (χ1) is 15.4. The average molecular weight is 451 g/mol. The molecular formula is C23H22N4O4S. The van der Waals surface area contributed by atoms with E-state index in [4.69, 9.17) is 4.74 Å². The van der Waals surface area contributed by atoms with E-state index >= 15 is 0 Å². The van der Waals surface area contributed by atoms with E-state index in [2.05, 4.69) is 20.6 Å². The maximum Gasteiger partial charge on any atom is 0.340 e. The second kappa shape index (κ2) is 11.1. The minimum atomic E-state index is -1.06. The number of anilines is 2. The topological polar surface area (TPSA) is 110 Å². The fourth-order valence-electron chi connectivity index (χ4n) is 2.59. The predicted molar refractivity (Wildman–Crippen MR) is 123 cm³/mol. The van der Waals surface area contributed by atoms with Gasteiger partial charge in [-0.3, -0.25) is 14.9 Å². The Morgan fingerprint density at radius 3 is 2.38 bits per heavy atom. The van der Waals surface area contributed by atoms with Crippen LogP contribution in [0, 0.1) is 6.92 Å². The minimum Gasteiger partial charge on any atom is -0.449 e. The molecule has 0 aliphatic carbocycles. The highest BCUT2D eigenvalue weighted by atomic mass is 32.2. The Morgan fingerprint density at radius 2 is 1.66 bits per heavy atom. The lowest BCUT2D eigenvalue weighted by molar-refractivity contribution is -0.123. The van der Waals surface area contributed by atoms with Crippen molar-refractivity contribution in [2.24, 2.45) is 0 Å². The van der Waals surface area contributed by atoms with E-state index in [0.29, 0.717) is 10.6 Å². The number of thioether (sulfide) groups is 1. The SMILES string of the molecule is Cc1ccc(NC(=O)CSc2ccccc2C(=O)OC(C)C(=O)Nc2ncccn2)cc1. The molecule has 3 aromatic rings. The van der Waals surface area contributed by atoms with Crippen LogP contribution in [-0.4, -0.2) is 39.6 Å². The summed E-state index contributed by atoms with van der Waals surface area (Å²) >= 11 is 1.21. The van der Waals surface area contributed by atoms with Gasteiger partial charge < -0.3 is 10.1 Å². The van der Waals surface area contributed by atoms with Gasteiger partial charge in [-0.05, 0) is 44.2 Å². The van der Waals surface area contributed by atoms with Gasteiger partial charge in [-0.2, -0.15) is 0 Å². The van der Waals surface area contributed by atoms with Crippen molar-refractivity contribution in [1.82, 2.24) is 9.97 Å². The third-order valence-corrected chi connectivity index (χ3v) is 5.33. The number of nitrogens with one attached hydrogen (secondary N) is 2. The van der Waals surface area contributed by atoms with Crippen LogP contribution in [0.2, 0.25) is 0 Å². The van der Waals surface area contributed by atoms with Crippen LogP contribution in [0.1, 0.15) is 22.8 Å². The van der Waals surface area contributed by atoms with Crippen molar-refractivity contribution in [3.05, 3.63) is 78.1 Å². The third-order valence-electron chi connectivity index (χ3n) is 4.25. The average Bonchev–Trinajstić information content (AvgIpc) is 2.80. The van der Waals surface area contributed by atoms with Crippen LogP contribution in [0.4, 0.5) is 11.6 Å². The molecule has 1 atom stereocenters. The van der Waals surface area contributed by atoms with Crippen LogP contribution in [0.5, 0.6) is 0 Å². The van der Waals surface area contributed by atoms with Gasteiger partial charge in [0.25, 0.3) is 5.91 Å². The van der Waals surface area contributed by atoms with Crippen molar-refractivity contribution in [3.63, 3.8) is 0 Å². The molecule has 164 valence electrons. The fourth-order valence-corrected chi connectivity index (χ4v) is 3.43. The van der Waals surface area contributed by atoms with Crippen molar-refractivity contribution in [3.8, 4) is 0 Å². The smallest absolute Gasteiger partial charge is 0.340 e. The van der Waals surface area contributed by atoms with E-state index in [1.54, 1.807) is 30.3 Å². The highest BCUT2D eigenvalue weighted by Gasteiger charge is 2.22. The zero-order valence-corrected chi connectivity index (χ0v) is 18.4. The summed E-state index contributed by atoms with van der Waals surface area (Å²) in [4.78, 5) is 45.6. The molecule has 1 unspecified atom stereocenters. The molecule has 2 amide bonds. The Bertz CT molecular complexity index is 1090. The van der Waals surface area contributed by atoms with Crippen molar-refractivity contribution < 1.29 is 19.1 Å². The fraction of sp³-hybridized carbons (Fsp3) is 0.174. The first-order valence-corrected chi connectivity index (χ1v) is 10.8. The van der Waals surface area contributed by atoms with Gasteiger partial charge in [0.2, 0.25) is 11.9 Å². The van der Waals surface area contributed by atoms with E-state index < -0.39 is 18.0 Å². The summed E-state index contributed by atoms with van der Waals surface area (Å²) in [6, 6.07) is 15.9. The zero-order valence-electron chi connectivity index (χ0n) is 17.6. The molecule has 0 aliphatic heterocycles. The summed E-state index contributed by atoms with van der Waals surface area (Å²) < 4.78 is 5.30. The molecule has 8 nitrogen and oxygen atoms in total. The molecule has 0 radical (unpaired) electrons. The first-order valence-electron chi connectivity index (χ1n) is 9.79. The number of benzene rings is 2. The molecule has 0 spiro atoms. The van der Waals surface area contributed by atoms with Gasteiger partial charge in [-0.25, -0.2) is 14.8 Å². The number of esters is 1. The molecule has 0 saturated carbocycles. The highest BCUT2D eigenvalue weighted by Crippen LogP contribution is 2.24. The van der Waals surface area contributed by atoms with E-state index in [-0.39, 0.29) is 23.2 Å². The lowest BCUT2D eigenvalue weighted by atomic mass is 10.2. The maximum absolute atomic E-state index is 12.7. The number of aryl methyl sites for hydroxylation is 1. The van der Waals surface area contributed by atoms with Gasteiger partial charge in [0.1, 0.15) is 0 Å². The summed E-state index contributed by atoms with van der Waals surface area (Å²) in [6.45, 7) is 3.43. The number of hydrogen-bond acceptors (Lipinski definition) is 7. The van der Waals surface area contributed by atoms with E-state index in [0.717, 1.165) is 5.56 Å². The second-order valence-corrected chi connectivity index (χ2v) is 7.83. The Kier molecular flexibility index (Phi) is 7.93. The minimum absolute atomic E-state index is 0.111. The molecule has 2 aromatic carbocycles. The van der Waals surface area contributed by atoms with Gasteiger partial charge >= 0.3 is 5.97 Å². The standard InChI is InChI=1S/C23H22N4O4S/c1-15-8-10-17(11-9-15)26-20(28)14-32-19-7-4-3-6-18(19)22(30)31-16(2)21(29)27-23-24-12-5-13-25-23/h3-13,16H,14H2,1-2H3,(H,26,28)(H,24,25,27,29). The van der Waals surface area contributed by atoms with Crippen LogP contribution >= 0.6 is 11.8 Å². The Hall–Kier alpha value is -3.72. The third kappa shape index (κ3) is 6.64. The molecule has 1 aromatic heterocycles. The van der Waals surface area contributed by atoms with E-state index in [9.17, 15) is 14.4 Å². The summed E-state index contributed by atoms with van der Waals surface area (Å²) in [7, 11) is 0. The number of ether oxygens (including phenoxy) is 1. The van der Waals surface area contributed by atoms with Gasteiger partial charge in [-0.15, -0.1) is 11.8 Å². The summed E-state index contributed by atoms with van der Waals surface area (Å²) in [5, 5.41) is 5.30. The molecular weight excluding hydrogens is 428 g/mol. The largest absolute Gasteiger partial charge is 0.449 e. The molecule has 32 heavy (non-hydrogen) atoms. The van der Waals surface area contributed by atoms with Crippen LogP contribution < -0.4 is 10.6 Å². The van der Waals surface area contributed by atoms with Crippen LogP contribution in [0.25, 0.3) is 0 Å². The van der Waals surface area contributed by atoms with Crippen molar-refractivity contribution in [1.29, 1.82) is 0 Å².